The van der Waals surface area contributed by atoms with Crippen molar-refractivity contribution in [1.82, 2.24) is 25.1 Å². The number of aromatic nitrogens is 5. The summed E-state index contributed by atoms with van der Waals surface area (Å²) in [5.74, 6) is 0.693. The van der Waals surface area contributed by atoms with Gasteiger partial charge in [0.1, 0.15) is 18.1 Å². The van der Waals surface area contributed by atoms with Gasteiger partial charge in [-0.25, -0.2) is 0 Å². The summed E-state index contributed by atoms with van der Waals surface area (Å²) >= 11 is 0. The first kappa shape index (κ1) is 21.1. The molecular formula is C30H21N5O2. The molecule has 0 radical (unpaired) electrons. The largest absolute Gasteiger partial charge is 0.487 e. The number of fused-ring (bicyclic) bond motifs is 2. The number of furan rings is 1. The maximum atomic E-state index is 5.97. The Labute approximate surface area is 211 Å². The van der Waals surface area contributed by atoms with E-state index in [-0.39, 0.29) is 0 Å². The second-order valence-corrected chi connectivity index (χ2v) is 8.83. The van der Waals surface area contributed by atoms with E-state index in [9.17, 15) is 0 Å². The number of hydrogen-bond donors (Lipinski definition) is 2. The van der Waals surface area contributed by atoms with Gasteiger partial charge in [-0.05, 0) is 41.5 Å². The molecule has 0 atom stereocenters. The van der Waals surface area contributed by atoms with E-state index in [0.717, 1.165) is 61.1 Å². The lowest BCUT2D eigenvalue weighted by atomic mass is 10.0. The summed E-state index contributed by atoms with van der Waals surface area (Å²) in [4.78, 5) is 12.6. The number of rotatable bonds is 6. The lowest BCUT2D eigenvalue weighted by Crippen LogP contribution is -1.96. The van der Waals surface area contributed by atoms with E-state index in [1.807, 2.05) is 54.6 Å². The molecule has 7 rings (SSSR count). The molecule has 0 spiro atoms. The molecule has 7 aromatic rings. The molecule has 0 unspecified atom stereocenters. The Morgan fingerprint density at radius 3 is 2.65 bits per heavy atom. The second-order valence-electron chi connectivity index (χ2n) is 8.83. The highest BCUT2D eigenvalue weighted by molar-refractivity contribution is 6.01. The molecule has 5 aromatic heterocycles. The predicted molar refractivity (Wildman–Crippen MR) is 143 cm³/mol. The first-order valence-corrected chi connectivity index (χ1v) is 11.9. The number of pyridine rings is 2. The third-order valence-electron chi connectivity index (χ3n) is 6.46. The molecule has 0 amide bonds. The standard InChI is InChI=1S/C30H21N5O2/c1-2-5-19(6-3-1)17-37-22-11-21(14-31-15-22)27-13-25-29(16-32-27)34-35-30(25)28-12-24-23(20-9-10-36-18-20)7-4-8-26(24)33-28/h1-16,18,33H,17H2,(H,34,35). The Hall–Kier alpha value is -5.17. The Kier molecular flexibility index (Phi) is 5.03. The van der Waals surface area contributed by atoms with Gasteiger partial charge in [0.05, 0.1) is 41.8 Å². The molecular weight excluding hydrogens is 462 g/mol. The van der Waals surface area contributed by atoms with Crippen LogP contribution in [0.2, 0.25) is 0 Å². The highest BCUT2D eigenvalue weighted by Crippen LogP contribution is 2.35. The van der Waals surface area contributed by atoms with Gasteiger partial charge in [0.15, 0.2) is 0 Å². The zero-order valence-electron chi connectivity index (χ0n) is 19.7. The van der Waals surface area contributed by atoms with Crippen molar-refractivity contribution in [2.24, 2.45) is 0 Å². The van der Waals surface area contributed by atoms with Gasteiger partial charge in [0.25, 0.3) is 0 Å². The van der Waals surface area contributed by atoms with E-state index in [2.05, 4.69) is 43.3 Å². The molecule has 0 aliphatic rings. The Bertz CT molecular complexity index is 1840. The van der Waals surface area contributed by atoms with E-state index in [1.165, 1.54) is 0 Å². The zero-order chi connectivity index (χ0) is 24.6. The van der Waals surface area contributed by atoms with Crippen LogP contribution in [0.15, 0.2) is 108 Å². The summed E-state index contributed by atoms with van der Waals surface area (Å²) in [6, 6.07) is 24.4. The van der Waals surface area contributed by atoms with Crippen LogP contribution in [-0.2, 0) is 6.61 Å². The summed E-state index contributed by atoms with van der Waals surface area (Å²) in [5, 5.41) is 9.80. The second kappa shape index (κ2) is 8.80. The third-order valence-corrected chi connectivity index (χ3v) is 6.46. The van der Waals surface area contributed by atoms with Gasteiger partial charge >= 0.3 is 0 Å². The van der Waals surface area contributed by atoms with Crippen LogP contribution in [0.5, 0.6) is 5.75 Å². The van der Waals surface area contributed by atoms with Crippen LogP contribution in [0, 0.1) is 0 Å². The van der Waals surface area contributed by atoms with Crippen LogP contribution in [0.25, 0.3) is 55.6 Å². The zero-order valence-corrected chi connectivity index (χ0v) is 19.7. The SMILES string of the molecule is c1ccc(COc2cncc(-c3cc4c(-c5cc6c(-c7ccoc7)cccc6[nH]5)n[nH]c4cn3)c2)cc1. The van der Waals surface area contributed by atoms with Crippen LogP contribution in [0.1, 0.15) is 5.56 Å². The van der Waals surface area contributed by atoms with Crippen molar-refractivity contribution in [3.05, 3.63) is 109 Å². The van der Waals surface area contributed by atoms with Crippen molar-refractivity contribution < 1.29 is 9.15 Å². The van der Waals surface area contributed by atoms with Crippen LogP contribution in [0.3, 0.4) is 0 Å². The molecule has 7 heteroatoms. The van der Waals surface area contributed by atoms with E-state index in [1.54, 1.807) is 31.1 Å². The average Bonchev–Trinajstić information content (AvgIpc) is 3.71. The number of H-pyrrole nitrogens is 2. The van der Waals surface area contributed by atoms with Crippen LogP contribution in [0.4, 0.5) is 0 Å². The fraction of sp³-hybridized carbons (Fsp3) is 0.0333. The minimum Gasteiger partial charge on any atom is -0.487 e. The molecule has 0 saturated carbocycles. The Morgan fingerprint density at radius 2 is 1.76 bits per heavy atom. The lowest BCUT2D eigenvalue weighted by Gasteiger charge is -2.08. The number of aromatic amines is 2. The topological polar surface area (TPSA) is 92.6 Å². The van der Waals surface area contributed by atoms with E-state index in [4.69, 9.17) is 9.15 Å². The highest BCUT2D eigenvalue weighted by atomic mass is 16.5. The molecule has 0 aliphatic carbocycles. The molecule has 0 aliphatic heterocycles. The van der Waals surface area contributed by atoms with Crippen molar-refractivity contribution in [2.45, 2.75) is 6.61 Å². The number of nitrogens with zero attached hydrogens (tertiary/aromatic N) is 3. The lowest BCUT2D eigenvalue weighted by molar-refractivity contribution is 0.305. The Morgan fingerprint density at radius 1 is 0.811 bits per heavy atom. The number of benzene rings is 2. The molecule has 0 bridgehead atoms. The van der Waals surface area contributed by atoms with Gasteiger partial charge in [-0.15, -0.1) is 0 Å². The van der Waals surface area contributed by atoms with E-state index < -0.39 is 0 Å². The van der Waals surface area contributed by atoms with Crippen molar-refractivity contribution in [3.63, 3.8) is 0 Å². The van der Waals surface area contributed by atoms with Crippen molar-refractivity contribution >= 4 is 21.8 Å². The number of ether oxygens (including phenoxy) is 1. The van der Waals surface area contributed by atoms with Gasteiger partial charge < -0.3 is 14.1 Å². The quantitative estimate of drug-likeness (QED) is 0.265. The van der Waals surface area contributed by atoms with Gasteiger partial charge in [0.2, 0.25) is 0 Å². The summed E-state index contributed by atoms with van der Waals surface area (Å²) in [6.07, 6.45) is 8.76. The molecule has 0 saturated heterocycles. The van der Waals surface area contributed by atoms with Gasteiger partial charge in [0, 0.05) is 33.6 Å². The monoisotopic (exact) mass is 483 g/mol. The van der Waals surface area contributed by atoms with Gasteiger partial charge in [-0.2, -0.15) is 5.10 Å². The highest BCUT2D eigenvalue weighted by Gasteiger charge is 2.15. The normalized spacial score (nSPS) is 11.4. The van der Waals surface area contributed by atoms with Crippen molar-refractivity contribution in [1.29, 1.82) is 0 Å². The van der Waals surface area contributed by atoms with Gasteiger partial charge in [-0.3, -0.25) is 15.1 Å². The molecule has 2 aromatic carbocycles. The fourth-order valence-electron chi connectivity index (χ4n) is 4.61. The first-order valence-electron chi connectivity index (χ1n) is 11.9. The smallest absolute Gasteiger partial charge is 0.138 e. The summed E-state index contributed by atoms with van der Waals surface area (Å²) < 4.78 is 11.3. The van der Waals surface area contributed by atoms with Crippen LogP contribution < -0.4 is 4.74 Å². The fourth-order valence-corrected chi connectivity index (χ4v) is 4.61. The van der Waals surface area contributed by atoms with Crippen LogP contribution >= 0.6 is 0 Å². The first-order chi connectivity index (χ1) is 18.3. The average molecular weight is 484 g/mol. The minimum atomic E-state index is 0.478. The number of hydrogen-bond acceptors (Lipinski definition) is 5. The molecule has 2 N–H and O–H groups in total. The Balaban J connectivity index is 1.24. The summed E-state index contributed by atoms with van der Waals surface area (Å²) in [6.45, 7) is 0.478. The summed E-state index contributed by atoms with van der Waals surface area (Å²) in [5.41, 5.74) is 8.56. The maximum absolute atomic E-state index is 5.97. The number of nitrogens with one attached hydrogen (secondary N) is 2. The molecule has 0 fully saturated rings. The predicted octanol–water partition coefficient (Wildman–Crippen LogP) is 7.01. The third kappa shape index (κ3) is 3.92. The molecule has 7 nitrogen and oxygen atoms in total. The maximum Gasteiger partial charge on any atom is 0.138 e. The minimum absolute atomic E-state index is 0.478. The van der Waals surface area contributed by atoms with Crippen LogP contribution in [-0.4, -0.2) is 25.1 Å². The molecule has 178 valence electrons. The van der Waals surface area contributed by atoms with E-state index in [0.29, 0.717) is 12.4 Å². The van der Waals surface area contributed by atoms with Gasteiger partial charge in [-0.1, -0.05) is 42.5 Å². The van der Waals surface area contributed by atoms with Crippen molar-refractivity contribution in [2.75, 3.05) is 0 Å². The van der Waals surface area contributed by atoms with Crippen molar-refractivity contribution in [3.8, 4) is 39.5 Å². The van der Waals surface area contributed by atoms with E-state index >= 15 is 0 Å². The summed E-state index contributed by atoms with van der Waals surface area (Å²) in [7, 11) is 0. The molecule has 5 heterocycles. The molecule has 37 heavy (non-hydrogen) atoms.